The summed E-state index contributed by atoms with van der Waals surface area (Å²) in [6, 6.07) is 1.58. The Labute approximate surface area is 58.0 Å². The van der Waals surface area contributed by atoms with Gasteiger partial charge in [0.15, 0.2) is 0 Å². The Bertz CT molecular complexity index is 214. The van der Waals surface area contributed by atoms with Crippen LogP contribution in [0.4, 0.5) is 4.39 Å². The van der Waals surface area contributed by atoms with Crippen molar-refractivity contribution in [2.24, 2.45) is 5.84 Å². The maximum absolute atomic E-state index is 12.6. The summed E-state index contributed by atoms with van der Waals surface area (Å²) in [7, 11) is 0. The molecule has 0 aliphatic rings. The summed E-state index contributed by atoms with van der Waals surface area (Å²) in [5, 5.41) is 0. The van der Waals surface area contributed by atoms with E-state index < -0.39 is 0 Å². The van der Waals surface area contributed by atoms with Crippen LogP contribution in [0.15, 0.2) is 18.5 Å². The van der Waals surface area contributed by atoms with E-state index in [1.807, 2.05) is 0 Å². The molecule has 0 aliphatic carbocycles. The molecule has 0 radical (unpaired) electrons. The zero-order valence-electron chi connectivity index (χ0n) is 5.34. The molecule has 1 aromatic rings. The highest BCUT2D eigenvalue weighted by Crippen LogP contribution is 2.02. The predicted octanol–water partition coefficient (Wildman–Crippen LogP) is 0.184. The summed E-state index contributed by atoms with van der Waals surface area (Å²) < 4.78 is 12.6. The van der Waals surface area contributed by atoms with Gasteiger partial charge in [-0.1, -0.05) is 0 Å². The van der Waals surface area contributed by atoms with Crippen LogP contribution in [0.2, 0.25) is 0 Å². The van der Waals surface area contributed by atoms with Crippen molar-refractivity contribution < 1.29 is 4.39 Å². The van der Waals surface area contributed by atoms with Crippen LogP contribution in [0.3, 0.4) is 0 Å². The lowest BCUT2D eigenvalue weighted by atomic mass is 10.2. The zero-order chi connectivity index (χ0) is 7.40. The van der Waals surface area contributed by atoms with Gasteiger partial charge < -0.3 is 0 Å². The molecule has 54 valence electrons. The van der Waals surface area contributed by atoms with E-state index in [4.69, 9.17) is 5.84 Å². The molecule has 0 spiro atoms. The smallest absolute Gasteiger partial charge is 0.146 e. The number of nitrogens with two attached hydrogens (primary N) is 1. The third-order valence-corrected chi connectivity index (χ3v) is 1.15. The fourth-order valence-corrected chi connectivity index (χ4v) is 0.657. The second kappa shape index (κ2) is 3.24. The van der Waals surface area contributed by atoms with Crippen molar-refractivity contribution in [2.75, 3.05) is 0 Å². The Morgan fingerprint density at radius 1 is 1.70 bits per heavy atom. The maximum atomic E-state index is 12.6. The van der Waals surface area contributed by atoms with Crippen LogP contribution in [0.25, 0.3) is 0 Å². The van der Waals surface area contributed by atoms with E-state index in [1.165, 1.54) is 6.20 Å². The number of rotatable bonds is 2. The first-order valence-electron chi connectivity index (χ1n) is 2.86. The van der Waals surface area contributed by atoms with Gasteiger partial charge in [-0.05, 0) is 6.07 Å². The first-order chi connectivity index (χ1) is 4.84. The minimum absolute atomic E-state index is 0.328. The van der Waals surface area contributed by atoms with Crippen molar-refractivity contribution >= 4 is 0 Å². The second-order valence-corrected chi connectivity index (χ2v) is 1.85. The number of hydrogen-bond donors (Lipinski definition) is 2. The Kier molecular flexibility index (Phi) is 2.30. The molecular formula is C6H8FN3. The highest BCUT2D eigenvalue weighted by atomic mass is 19.1. The molecule has 0 fully saturated rings. The number of pyridine rings is 1. The van der Waals surface area contributed by atoms with Gasteiger partial charge >= 0.3 is 0 Å². The van der Waals surface area contributed by atoms with Gasteiger partial charge in [0.05, 0.1) is 6.20 Å². The molecule has 4 heteroatoms. The van der Waals surface area contributed by atoms with Crippen LogP contribution in [0.5, 0.6) is 0 Å². The average molecular weight is 141 g/mol. The SMILES string of the molecule is NNCc1ccncc1F. The number of hydrazine groups is 1. The number of aromatic nitrogens is 1. The number of hydrogen-bond acceptors (Lipinski definition) is 3. The second-order valence-electron chi connectivity index (χ2n) is 1.85. The number of halogens is 1. The summed E-state index contributed by atoms with van der Waals surface area (Å²) in [6.45, 7) is 0.328. The van der Waals surface area contributed by atoms with Crippen molar-refractivity contribution in [1.29, 1.82) is 0 Å². The molecule has 0 saturated heterocycles. The molecule has 0 bridgehead atoms. The predicted molar refractivity (Wildman–Crippen MR) is 35.2 cm³/mol. The standard InChI is InChI=1S/C6H8FN3/c7-6-4-9-2-1-5(6)3-10-8/h1-2,4,10H,3,8H2. The largest absolute Gasteiger partial charge is 0.271 e. The molecule has 1 aromatic heterocycles. The molecule has 0 aromatic carbocycles. The van der Waals surface area contributed by atoms with Gasteiger partial charge in [-0.2, -0.15) is 0 Å². The molecule has 1 heterocycles. The third-order valence-electron chi connectivity index (χ3n) is 1.15. The molecule has 0 atom stereocenters. The molecule has 0 amide bonds. The van der Waals surface area contributed by atoms with E-state index in [2.05, 4.69) is 10.4 Å². The Balaban J connectivity index is 2.81. The van der Waals surface area contributed by atoms with E-state index in [9.17, 15) is 4.39 Å². The Morgan fingerprint density at radius 3 is 3.10 bits per heavy atom. The van der Waals surface area contributed by atoms with Crippen LogP contribution in [-0.4, -0.2) is 4.98 Å². The lowest BCUT2D eigenvalue weighted by molar-refractivity contribution is 0.588. The summed E-state index contributed by atoms with van der Waals surface area (Å²) in [5.41, 5.74) is 2.88. The minimum Gasteiger partial charge on any atom is -0.271 e. The quantitative estimate of drug-likeness (QED) is 0.456. The van der Waals surface area contributed by atoms with Gasteiger partial charge in [0, 0.05) is 18.3 Å². The van der Waals surface area contributed by atoms with Crippen LogP contribution in [0.1, 0.15) is 5.56 Å². The highest BCUT2D eigenvalue weighted by Gasteiger charge is 1.97. The monoisotopic (exact) mass is 141 g/mol. The van der Waals surface area contributed by atoms with Crippen LogP contribution in [-0.2, 0) is 6.54 Å². The van der Waals surface area contributed by atoms with Crippen LogP contribution >= 0.6 is 0 Å². The van der Waals surface area contributed by atoms with E-state index in [0.29, 0.717) is 12.1 Å². The first kappa shape index (κ1) is 7.11. The van der Waals surface area contributed by atoms with Crippen LogP contribution in [0, 0.1) is 5.82 Å². The van der Waals surface area contributed by atoms with Gasteiger partial charge in [0.25, 0.3) is 0 Å². The Hall–Kier alpha value is -1.00. The summed E-state index contributed by atoms with van der Waals surface area (Å²) in [5.74, 6) is 4.66. The topological polar surface area (TPSA) is 50.9 Å². The molecule has 0 aliphatic heterocycles. The van der Waals surface area contributed by atoms with Gasteiger partial charge in [-0.25, -0.2) is 4.39 Å². The molecule has 1 rings (SSSR count). The first-order valence-corrected chi connectivity index (χ1v) is 2.86. The van der Waals surface area contributed by atoms with Crippen molar-refractivity contribution in [2.45, 2.75) is 6.54 Å². The highest BCUT2D eigenvalue weighted by molar-refractivity contribution is 5.11. The fraction of sp³-hybridized carbons (Fsp3) is 0.167. The Morgan fingerprint density at radius 2 is 2.50 bits per heavy atom. The average Bonchev–Trinajstić information content (AvgIpc) is 1.94. The molecule has 10 heavy (non-hydrogen) atoms. The molecule has 0 unspecified atom stereocenters. The number of nitrogens with one attached hydrogen (secondary N) is 1. The minimum atomic E-state index is -0.333. The summed E-state index contributed by atoms with van der Waals surface area (Å²) in [6.07, 6.45) is 2.68. The molecule has 3 N–H and O–H groups in total. The van der Waals surface area contributed by atoms with Crippen molar-refractivity contribution in [3.05, 3.63) is 29.8 Å². The van der Waals surface area contributed by atoms with E-state index >= 15 is 0 Å². The van der Waals surface area contributed by atoms with Crippen molar-refractivity contribution in [3.63, 3.8) is 0 Å². The lowest BCUT2D eigenvalue weighted by Gasteiger charge is -1.98. The van der Waals surface area contributed by atoms with Crippen LogP contribution < -0.4 is 11.3 Å². The molecular weight excluding hydrogens is 133 g/mol. The van der Waals surface area contributed by atoms with Gasteiger partial charge in [0.2, 0.25) is 0 Å². The lowest BCUT2D eigenvalue weighted by Crippen LogP contribution is -2.21. The van der Waals surface area contributed by atoms with Gasteiger partial charge in [-0.15, -0.1) is 0 Å². The van der Waals surface area contributed by atoms with E-state index in [-0.39, 0.29) is 5.82 Å². The van der Waals surface area contributed by atoms with Gasteiger partial charge in [0.1, 0.15) is 5.82 Å². The summed E-state index contributed by atoms with van der Waals surface area (Å²) in [4.78, 5) is 3.58. The zero-order valence-corrected chi connectivity index (χ0v) is 5.34. The van der Waals surface area contributed by atoms with Crippen molar-refractivity contribution in [3.8, 4) is 0 Å². The van der Waals surface area contributed by atoms with Gasteiger partial charge in [-0.3, -0.25) is 16.3 Å². The normalized spacial score (nSPS) is 9.80. The van der Waals surface area contributed by atoms with Crippen molar-refractivity contribution in [1.82, 2.24) is 10.4 Å². The van der Waals surface area contributed by atoms with E-state index in [1.54, 1.807) is 6.07 Å². The van der Waals surface area contributed by atoms with E-state index in [0.717, 1.165) is 6.20 Å². The fourth-order valence-electron chi connectivity index (χ4n) is 0.657. The third kappa shape index (κ3) is 1.49. The molecule has 0 saturated carbocycles. The molecule has 3 nitrogen and oxygen atoms in total. The summed E-state index contributed by atoms with van der Waals surface area (Å²) >= 11 is 0. The maximum Gasteiger partial charge on any atom is 0.146 e. The number of nitrogens with zero attached hydrogens (tertiary/aromatic N) is 1.